The van der Waals surface area contributed by atoms with E-state index in [0.29, 0.717) is 45.4 Å². The van der Waals surface area contributed by atoms with Crippen molar-refractivity contribution < 1.29 is 27.9 Å². The number of carboxylic acid groups (broad SMARTS) is 1. The van der Waals surface area contributed by atoms with Gasteiger partial charge in [0.05, 0.1) is 11.5 Å². The number of urea groups is 1. The third kappa shape index (κ3) is 4.45. The number of halogens is 3. The fourth-order valence-electron chi connectivity index (χ4n) is 3.68. The van der Waals surface area contributed by atoms with E-state index in [1.54, 1.807) is 15.9 Å². The highest BCUT2D eigenvalue weighted by atomic mass is 19.4. The second kappa shape index (κ2) is 7.66. The molecule has 1 aromatic rings. The summed E-state index contributed by atoms with van der Waals surface area (Å²) in [5.74, 6) is -1.26. The van der Waals surface area contributed by atoms with E-state index < -0.39 is 23.6 Å². The number of likely N-dealkylation sites (tertiary alicyclic amines) is 1. The number of piperidine rings is 1. The van der Waals surface area contributed by atoms with Gasteiger partial charge >= 0.3 is 18.2 Å². The van der Waals surface area contributed by atoms with Gasteiger partial charge in [0.1, 0.15) is 0 Å². The van der Waals surface area contributed by atoms with Gasteiger partial charge in [0, 0.05) is 37.9 Å². The van der Waals surface area contributed by atoms with Crippen LogP contribution >= 0.6 is 0 Å². The molecule has 9 heteroatoms. The Balaban J connectivity index is 1.56. The van der Waals surface area contributed by atoms with E-state index in [9.17, 15) is 22.8 Å². The molecule has 2 heterocycles. The van der Waals surface area contributed by atoms with Crippen molar-refractivity contribution in [1.82, 2.24) is 10.2 Å². The minimum Gasteiger partial charge on any atom is -0.481 e. The molecule has 2 aliphatic heterocycles. The molecule has 27 heavy (non-hydrogen) atoms. The Morgan fingerprint density at radius 2 is 1.74 bits per heavy atom. The maximum Gasteiger partial charge on any atom is 0.418 e. The lowest BCUT2D eigenvalue weighted by molar-refractivity contribution is -0.143. The number of aliphatic carboxylic acids is 1. The standard InChI is InChI=1S/C18H22F3N3O3/c19-18(20,21)14-3-1-2-4-15(14)24-10-7-13(11-24)22-17(27)23-8-5-12(6-9-23)16(25)26/h1-4,12-13H,5-11H2,(H,22,27)(H,25,26). The monoisotopic (exact) mass is 385 g/mol. The van der Waals surface area contributed by atoms with Crippen LogP contribution in [0.1, 0.15) is 24.8 Å². The van der Waals surface area contributed by atoms with Gasteiger partial charge in [-0.15, -0.1) is 0 Å². The molecule has 3 rings (SSSR count). The minimum absolute atomic E-state index is 0.129. The number of nitrogens with zero attached hydrogens (tertiary/aromatic N) is 2. The van der Waals surface area contributed by atoms with Crippen LogP contribution in [0.15, 0.2) is 24.3 Å². The van der Waals surface area contributed by atoms with Crippen molar-refractivity contribution in [3.8, 4) is 0 Å². The first-order valence-corrected chi connectivity index (χ1v) is 8.95. The average Bonchev–Trinajstić information content (AvgIpc) is 3.09. The number of hydrogen-bond donors (Lipinski definition) is 2. The number of carboxylic acids is 1. The van der Waals surface area contributed by atoms with E-state index in [4.69, 9.17) is 5.11 Å². The molecule has 2 fully saturated rings. The molecule has 2 aliphatic rings. The lowest BCUT2D eigenvalue weighted by Crippen LogP contribution is -2.49. The number of benzene rings is 1. The fraction of sp³-hybridized carbons (Fsp3) is 0.556. The van der Waals surface area contributed by atoms with Gasteiger partial charge in [-0.05, 0) is 31.4 Å². The summed E-state index contributed by atoms with van der Waals surface area (Å²) in [7, 11) is 0. The number of amides is 2. The molecular formula is C18H22F3N3O3. The zero-order valence-corrected chi connectivity index (χ0v) is 14.7. The van der Waals surface area contributed by atoms with Crippen molar-refractivity contribution in [2.75, 3.05) is 31.1 Å². The summed E-state index contributed by atoms with van der Waals surface area (Å²) in [5, 5.41) is 11.9. The molecule has 2 saturated heterocycles. The maximum absolute atomic E-state index is 13.2. The second-order valence-corrected chi connectivity index (χ2v) is 7.00. The summed E-state index contributed by atoms with van der Waals surface area (Å²) in [5.41, 5.74) is -0.545. The Morgan fingerprint density at radius 3 is 2.37 bits per heavy atom. The number of alkyl halides is 3. The van der Waals surface area contributed by atoms with Crippen molar-refractivity contribution in [3.05, 3.63) is 29.8 Å². The van der Waals surface area contributed by atoms with Crippen molar-refractivity contribution in [1.29, 1.82) is 0 Å². The Kier molecular flexibility index (Phi) is 5.48. The van der Waals surface area contributed by atoms with Crippen LogP contribution < -0.4 is 10.2 Å². The number of hydrogen-bond acceptors (Lipinski definition) is 3. The van der Waals surface area contributed by atoms with E-state index >= 15 is 0 Å². The average molecular weight is 385 g/mol. The Morgan fingerprint density at radius 1 is 1.07 bits per heavy atom. The van der Waals surface area contributed by atoms with Gasteiger partial charge in [0.15, 0.2) is 0 Å². The van der Waals surface area contributed by atoms with Gasteiger partial charge in [-0.25, -0.2) is 4.79 Å². The smallest absolute Gasteiger partial charge is 0.418 e. The molecule has 1 atom stereocenters. The molecule has 2 amide bonds. The molecule has 0 radical (unpaired) electrons. The second-order valence-electron chi connectivity index (χ2n) is 7.00. The van der Waals surface area contributed by atoms with Gasteiger partial charge < -0.3 is 20.2 Å². The van der Waals surface area contributed by atoms with Gasteiger partial charge in [-0.3, -0.25) is 4.79 Å². The SMILES string of the molecule is O=C(O)C1CCN(C(=O)NC2CCN(c3ccccc3C(F)(F)F)C2)CC1. The quantitative estimate of drug-likeness (QED) is 0.839. The van der Waals surface area contributed by atoms with Crippen LogP contribution in [0, 0.1) is 5.92 Å². The highest BCUT2D eigenvalue weighted by Crippen LogP contribution is 2.37. The van der Waals surface area contributed by atoms with Crippen molar-refractivity contribution in [2.45, 2.75) is 31.5 Å². The third-order valence-electron chi connectivity index (χ3n) is 5.20. The normalized spacial score (nSPS) is 21.4. The molecule has 1 unspecified atom stereocenters. The summed E-state index contributed by atoms with van der Waals surface area (Å²) in [6.07, 6.45) is -3.03. The lowest BCUT2D eigenvalue weighted by Gasteiger charge is -2.31. The summed E-state index contributed by atoms with van der Waals surface area (Å²) < 4.78 is 39.6. The van der Waals surface area contributed by atoms with E-state index in [2.05, 4.69) is 5.32 Å². The molecule has 0 aromatic heterocycles. The van der Waals surface area contributed by atoms with E-state index in [0.717, 1.165) is 6.07 Å². The number of para-hydroxylation sites is 1. The van der Waals surface area contributed by atoms with Crippen LogP contribution in [0.5, 0.6) is 0 Å². The van der Waals surface area contributed by atoms with Gasteiger partial charge in [0.25, 0.3) is 0 Å². The molecule has 0 spiro atoms. The summed E-state index contributed by atoms with van der Waals surface area (Å²) in [6, 6.07) is 4.93. The number of rotatable bonds is 3. The molecule has 6 nitrogen and oxygen atoms in total. The number of carbonyl (C=O) groups is 2. The molecule has 0 saturated carbocycles. The first-order valence-electron chi connectivity index (χ1n) is 8.95. The third-order valence-corrected chi connectivity index (χ3v) is 5.20. The molecule has 1 aromatic carbocycles. The molecular weight excluding hydrogens is 363 g/mol. The van der Waals surface area contributed by atoms with Crippen LogP contribution in [0.3, 0.4) is 0 Å². The van der Waals surface area contributed by atoms with Crippen LogP contribution in [0.25, 0.3) is 0 Å². The fourth-order valence-corrected chi connectivity index (χ4v) is 3.68. The van der Waals surface area contributed by atoms with Gasteiger partial charge in [-0.2, -0.15) is 13.2 Å². The Labute approximate surface area is 154 Å². The van der Waals surface area contributed by atoms with E-state index in [1.807, 2.05) is 0 Å². The zero-order valence-electron chi connectivity index (χ0n) is 14.7. The highest BCUT2D eigenvalue weighted by Gasteiger charge is 2.36. The predicted molar refractivity (Wildman–Crippen MR) is 92.5 cm³/mol. The molecule has 148 valence electrons. The first kappa shape index (κ1) is 19.3. The maximum atomic E-state index is 13.2. The topological polar surface area (TPSA) is 72.9 Å². The van der Waals surface area contributed by atoms with Crippen LogP contribution in [0.4, 0.5) is 23.7 Å². The number of carbonyl (C=O) groups excluding carboxylic acids is 1. The zero-order chi connectivity index (χ0) is 19.6. The predicted octanol–water partition coefficient (Wildman–Crippen LogP) is 2.79. The lowest BCUT2D eigenvalue weighted by atomic mass is 9.97. The van der Waals surface area contributed by atoms with Crippen LogP contribution in [-0.2, 0) is 11.0 Å². The Hall–Kier alpha value is -2.45. The molecule has 2 N–H and O–H groups in total. The Bertz CT molecular complexity index is 703. The van der Waals surface area contributed by atoms with Gasteiger partial charge in [-0.1, -0.05) is 12.1 Å². The summed E-state index contributed by atoms with van der Waals surface area (Å²) >= 11 is 0. The molecule has 0 bridgehead atoms. The first-order chi connectivity index (χ1) is 12.8. The van der Waals surface area contributed by atoms with Crippen molar-refractivity contribution in [3.63, 3.8) is 0 Å². The largest absolute Gasteiger partial charge is 0.481 e. The van der Waals surface area contributed by atoms with Crippen LogP contribution in [0.2, 0.25) is 0 Å². The van der Waals surface area contributed by atoms with E-state index in [-0.39, 0.29) is 17.8 Å². The molecule has 0 aliphatic carbocycles. The van der Waals surface area contributed by atoms with Crippen LogP contribution in [-0.4, -0.2) is 54.2 Å². The number of nitrogens with one attached hydrogen (secondary N) is 1. The van der Waals surface area contributed by atoms with Crippen molar-refractivity contribution in [2.24, 2.45) is 5.92 Å². The summed E-state index contributed by atoms with van der Waals surface area (Å²) in [6.45, 7) is 1.48. The highest BCUT2D eigenvalue weighted by molar-refractivity contribution is 5.76. The number of anilines is 1. The van der Waals surface area contributed by atoms with E-state index in [1.165, 1.54) is 12.1 Å². The minimum atomic E-state index is -4.42. The van der Waals surface area contributed by atoms with Gasteiger partial charge in [0.2, 0.25) is 0 Å². The summed E-state index contributed by atoms with van der Waals surface area (Å²) in [4.78, 5) is 26.6. The van der Waals surface area contributed by atoms with Crippen molar-refractivity contribution >= 4 is 17.7 Å².